The van der Waals surface area contributed by atoms with Crippen molar-refractivity contribution >= 4 is 5.97 Å². The normalized spacial score (nSPS) is 20.4. The second kappa shape index (κ2) is 5.33. The van der Waals surface area contributed by atoms with Crippen LogP contribution in [0.4, 0.5) is 0 Å². The van der Waals surface area contributed by atoms with Gasteiger partial charge in [0.15, 0.2) is 0 Å². The van der Waals surface area contributed by atoms with Crippen LogP contribution in [0, 0.1) is 5.92 Å². The number of fused-ring (bicyclic) bond motifs is 1. The average Bonchev–Trinajstić information content (AvgIpc) is 2.80. The van der Waals surface area contributed by atoms with Crippen molar-refractivity contribution in [1.82, 2.24) is 4.90 Å². The zero-order valence-corrected chi connectivity index (χ0v) is 11.3. The molecule has 0 unspecified atom stereocenters. The number of hydrogen-bond donors (Lipinski definition) is 1. The summed E-state index contributed by atoms with van der Waals surface area (Å²) in [5.74, 6) is 0.0236. The molecule has 3 nitrogen and oxygen atoms in total. The molecule has 0 amide bonds. The zero-order chi connectivity index (χ0) is 13.2. The van der Waals surface area contributed by atoms with E-state index in [0.717, 1.165) is 19.0 Å². The van der Waals surface area contributed by atoms with Gasteiger partial charge >= 0.3 is 5.97 Å². The predicted molar refractivity (Wildman–Crippen MR) is 74.1 cm³/mol. The molecule has 102 valence electrons. The Kier molecular flexibility index (Phi) is 3.56. The molecule has 0 bridgehead atoms. The molecule has 1 heterocycles. The number of rotatable bonds is 3. The van der Waals surface area contributed by atoms with Gasteiger partial charge in [0.2, 0.25) is 0 Å². The van der Waals surface area contributed by atoms with Crippen molar-refractivity contribution in [3.63, 3.8) is 0 Å². The van der Waals surface area contributed by atoms with Gasteiger partial charge in [-0.3, -0.25) is 4.90 Å². The van der Waals surface area contributed by atoms with Crippen LogP contribution < -0.4 is 0 Å². The summed E-state index contributed by atoms with van der Waals surface area (Å²) in [5, 5.41) is 9.03. The molecule has 3 rings (SSSR count). The van der Waals surface area contributed by atoms with Crippen molar-refractivity contribution in [2.45, 2.75) is 45.2 Å². The van der Waals surface area contributed by atoms with E-state index in [0.29, 0.717) is 5.56 Å². The SMILES string of the molecule is O=C(O)c1ccc2c(c1)CN(CC1CCCCC1)C2. The minimum absolute atomic E-state index is 0.415. The lowest BCUT2D eigenvalue weighted by molar-refractivity contribution is 0.0696. The summed E-state index contributed by atoms with van der Waals surface area (Å²) < 4.78 is 0. The van der Waals surface area contributed by atoms with Gasteiger partial charge in [-0.05, 0) is 42.0 Å². The van der Waals surface area contributed by atoms with Crippen molar-refractivity contribution in [3.05, 3.63) is 34.9 Å². The second-order valence-electron chi connectivity index (χ2n) is 5.96. The van der Waals surface area contributed by atoms with Crippen molar-refractivity contribution in [1.29, 1.82) is 0 Å². The highest BCUT2D eigenvalue weighted by Crippen LogP contribution is 2.29. The van der Waals surface area contributed by atoms with E-state index in [4.69, 9.17) is 5.11 Å². The predicted octanol–water partition coefficient (Wildman–Crippen LogP) is 3.28. The fraction of sp³-hybridized carbons (Fsp3) is 0.562. The molecule has 0 atom stereocenters. The van der Waals surface area contributed by atoms with Crippen LogP contribution in [0.1, 0.15) is 53.6 Å². The number of carbonyl (C=O) groups is 1. The van der Waals surface area contributed by atoms with E-state index < -0.39 is 5.97 Å². The molecule has 0 aromatic heterocycles. The minimum atomic E-state index is -0.825. The maximum absolute atomic E-state index is 11.0. The number of carboxylic acid groups (broad SMARTS) is 1. The standard InChI is InChI=1S/C16H21NO2/c18-16(19)13-6-7-14-10-17(11-15(14)8-13)9-12-4-2-1-3-5-12/h6-8,12H,1-5,9-11H2,(H,18,19). The molecule has 1 N–H and O–H groups in total. The summed E-state index contributed by atoms with van der Waals surface area (Å²) in [6.45, 7) is 3.09. The Labute approximate surface area is 114 Å². The first-order valence-corrected chi connectivity index (χ1v) is 7.30. The van der Waals surface area contributed by atoms with E-state index in [9.17, 15) is 4.79 Å². The second-order valence-corrected chi connectivity index (χ2v) is 5.96. The number of carboxylic acids is 1. The Morgan fingerprint density at radius 1 is 1.16 bits per heavy atom. The Bertz CT molecular complexity index is 478. The topological polar surface area (TPSA) is 40.5 Å². The van der Waals surface area contributed by atoms with Crippen LogP contribution in [0.3, 0.4) is 0 Å². The molecule has 0 radical (unpaired) electrons. The van der Waals surface area contributed by atoms with Crippen LogP contribution in [0.15, 0.2) is 18.2 Å². The van der Waals surface area contributed by atoms with E-state index in [-0.39, 0.29) is 0 Å². The molecule has 1 saturated carbocycles. The number of hydrogen-bond acceptors (Lipinski definition) is 2. The minimum Gasteiger partial charge on any atom is -0.478 e. The summed E-state index contributed by atoms with van der Waals surface area (Å²) in [7, 11) is 0. The summed E-state index contributed by atoms with van der Waals surface area (Å²) >= 11 is 0. The van der Waals surface area contributed by atoms with Gasteiger partial charge in [-0.25, -0.2) is 4.79 Å². The number of aromatic carboxylic acids is 1. The highest BCUT2D eigenvalue weighted by Gasteiger charge is 2.23. The molecule has 1 aliphatic heterocycles. The first-order valence-electron chi connectivity index (χ1n) is 7.30. The molecule has 1 aromatic rings. The number of benzene rings is 1. The van der Waals surface area contributed by atoms with Gasteiger partial charge in [-0.2, -0.15) is 0 Å². The maximum Gasteiger partial charge on any atom is 0.335 e. The molecule has 19 heavy (non-hydrogen) atoms. The van der Waals surface area contributed by atoms with Crippen LogP contribution in [-0.2, 0) is 13.1 Å². The van der Waals surface area contributed by atoms with Gasteiger partial charge in [0.25, 0.3) is 0 Å². The van der Waals surface area contributed by atoms with Crippen molar-refractivity contribution in [3.8, 4) is 0 Å². The van der Waals surface area contributed by atoms with Crippen molar-refractivity contribution in [2.24, 2.45) is 5.92 Å². The van der Waals surface area contributed by atoms with Crippen LogP contribution in [0.5, 0.6) is 0 Å². The third-order valence-corrected chi connectivity index (χ3v) is 4.48. The van der Waals surface area contributed by atoms with Gasteiger partial charge in [0, 0.05) is 19.6 Å². The zero-order valence-electron chi connectivity index (χ0n) is 11.3. The van der Waals surface area contributed by atoms with Crippen LogP contribution in [0.2, 0.25) is 0 Å². The first-order chi connectivity index (χ1) is 9.22. The Morgan fingerprint density at radius 2 is 1.89 bits per heavy atom. The van der Waals surface area contributed by atoms with Crippen LogP contribution in [-0.4, -0.2) is 22.5 Å². The summed E-state index contributed by atoms with van der Waals surface area (Å²) in [6.07, 6.45) is 6.91. The third kappa shape index (κ3) is 2.81. The van der Waals surface area contributed by atoms with Crippen molar-refractivity contribution in [2.75, 3.05) is 6.54 Å². The van der Waals surface area contributed by atoms with Gasteiger partial charge in [-0.15, -0.1) is 0 Å². The number of nitrogens with zero attached hydrogens (tertiary/aromatic N) is 1. The van der Waals surface area contributed by atoms with E-state index >= 15 is 0 Å². The molecule has 3 heteroatoms. The molecule has 1 aliphatic carbocycles. The summed E-state index contributed by atoms with van der Waals surface area (Å²) in [4.78, 5) is 13.5. The van der Waals surface area contributed by atoms with Crippen molar-refractivity contribution < 1.29 is 9.90 Å². The Hall–Kier alpha value is -1.35. The molecule has 2 aliphatic rings. The largest absolute Gasteiger partial charge is 0.478 e. The molecule has 0 spiro atoms. The molecular formula is C16H21NO2. The Morgan fingerprint density at radius 3 is 2.63 bits per heavy atom. The maximum atomic E-state index is 11.0. The average molecular weight is 259 g/mol. The van der Waals surface area contributed by atoms with E-state index in [1.807, 2.05) is 12.1 Å². The molecular weight excluding hydrogens is 238 g/mol. The van der Waals surface area contributed by atoms with Crippen LogP contribution >= 0.6 is 0 Å². The lowest BCUT2D eigenvalue weighted by Gasteiger charge is -2.26. The van der Waals surface area contributed by atoms with Gasteiger partial charge in [0.05, 0.1) is 5.56 Å². The summed E-state index contributed by atoms with van der Waals surface area (Å²) in [5.41, 5.74) is 2.93. The monoisotopic (exact) mass is 259 g/mol. The van der Waals surface area contributed by atoms with E-state index in [2.05, 4.69) is 4.90 Å². The van der Waals surface area contributed by atoms with Gasteiger partial charge in [0.1, 0.15) is 0 Å². The molecule has 1 fully saturated rings. The lowest BCUT2D eigenvalue weighted by atomic mass is 9.89. The van der Waals surface area contributed by atoms with Crippen LogP contribution in [0.25, 0.3) is 0 Å². The summed E-state index contributed by atoms with van der Waals surface area (Å²) in [6, 6.07) is 5.56. The highest BCUT2D eigenvalue weighted by atomic mass is 16.4. The Balaban J connectivity index is 1.64. The highest BCUT2D eigenvalue weighted by molar-refractivity contribution is 5.87. The third-order valence-electron chi connectivity index (χ3n) is 4.48. The fourth-order valence-corrected chi connectivity index (χ4v) is 3.46. The van der Waals surface area contributed by atoms with Gasteiger partial charge < -0.3 is 5.11 Å². The molecule has 1 aromatic carbocycles. The smallest absolute Gasteiger partial charge is 0.335 e. The lowest BCUT2D eigenvalue weighted by Crippen LogP contribution is -2.25. The van der Waals surface area contributed by atoms with E-state index in [1.165, 1.54) is 49.8 Å². The van der Waals surface area contributed by atoms with Gasteiger partial charge in [-0.1, -0.05) is 25.3 Å². The first kappa shape index (κ1) is 12.7. The van der Waals surface area contributed by atoms with E-state index in [1.54, 1.807) is 6.07 Å². The fourth-order valence-electron chi connectivity index (χ4n) is 3.46. The quantitative estimate of drug-likeness (QED) is 0.905. The molecule has 0 saturated heterocycles.